The van der Waals surface area contributed by atoms with Gasteiger partial charge in [0.05, 0.1) is 10.9 Å². The molecule has 5 heteroatoms. The molecule has 0 aromatic heterocycles. The summed E-state index contributed by atoms with van der Waals surface area (Å²) in [6.45, 7) is 5.37. The monoisotopic (exact) mass is 268 g/mol. The fourth-order valence-electron chi connectivity index (χ4n) is 2.25. The van der Waals surface area contributed by atoms with Crippen molar-refractivity contribution >= 4 is 15.7 Å². The van der Waals surface area contributed by atoms with E-state index in [2.05, 4.69) is 10.0 Å². The van der Waals surface area contributed by atoms with Crippen molar-refractivity contribution in [2.24, 2.45) is 0 Å². The minimum Gasteiger partial charge on any atom is -0.315 e. The Hall–Kier alpha value is -1.07. The molecule has 1 aromatic rings. The second-order valence-corrected chi connectivity index (χ2v) is 6.89. The third-order valence-electron chi connectivity index (χ3n) is 3.32. The Morgan fingerprint density at radius 2 is 2.11 bits per heavy atom. The molecule has 18 heavy (non-hydrogen) atoms. The lowest BCUT2D eigenvalue weighted by atomic mass is 10.1. The smallest absolute Gasteiger partial charge is 0.236 e. The van der Waals surface area contributed by atoms with Crippen molar-refractivity contribution in [3.63, 3.8) is 0 Å². The molecule has 1 aliphatic rings. The molecule has 1 unspecified atom stereocenters. The zero-order valence-corrected chi connectivity index (χ0v) is 11.7. The van der Waals surface area contributed by atoms with Gasteiger partial charge in [0, 0.05) is 6.54 Å². The highest BCUT2D eigenvalue weighted by Gasteiger charge is 2.27. The molecule has 1 fully saturated rings. The van der Waals surface area contributed by atoms with Crippen molar-refractivity contribution in [3.8, 4) is 0 Å². The first-order chi connectivity index (χ1) is 8.49. The molecule has 2 rings (SSSR count). The second-order valence-electron chi connectivity index (χ2n) is 4.93. The summed E-state index contributed by atoms with van der Waals surface area (Å²) in [5.74, 6) is 0. The lowest BCUT2D eigenvalue weighted by Crippen LogP contribution is -2.41. The van der Waals surface area contributed by atoms with Gasteiger partial charge in [-0.1, -0.05) is 17.7 Å². The van der Waals surface area contributed by atoms with Crippen LogP contribution >= 0.6 is 0 Å². The van der Waals surface area contributed by atoms with Crippen molar-refractivity contribution in [2.45, 2.75) is 31.9 Å². The average Bonchev–Trinajstić information content (AvgIpc) is 2.34. The minimum atomic E-state index is -3.28. The van der Waals surface area contributed by atoms with E-state index in [1.165, 1.54) is 0 Å². The standard InChI is InChI=1S/C13H20N2O2S/c1-10-5-6-13(11(2)8-10)15-18(16,17)12-4-3-7-14-9-12/h5-6,8,12,14-15H,3-4,7,9H2,1-2H3. The van der Waals surface area contributed by atoms with Gasteiger partial charge in [-0.3, -0.25) is 4.72 Å². The van der Waals surface area contributed by atoms with Gasteiger partial charge in [0.25, 0.3) is 0 Å². The number of rotatable bonds is 3. The maximum absolute atomic E-state index is 12.2. The van der Waals surface area contributed by atoms with E-state index >= 15 is 0 Å². The highest BCUT2D eigenvalue weighted by molar-refractivity contribution is 7.93. The number of piperidine rings is 1. The van der Waals surface area contributed by atoms with Gasteiger partial charge in [0.1, 0.15) is 0 Å². The summed E-state index contributed by atoms with van der Waals surface area (Å²) < 4.78 is 27.2. The summed E-state index contributed by atoms with van der Waals surface area (Å²) in [4.78, 5) is 0. The van der Waals surface area contributed by atoms with Crippen molar-refractivity contribution in [3.05, 3.63) is 29.3 Å². The van der Waals surface area contributed by atoms with Crippen LogP contribution < -0.4 is 10.0 Å². The third kappa shape index (κ3) is 3.03. The Labute approximate surface area is 109 Å². The van der Waals surface area contributed by atoms with Gasteiger partial charge in [-0.25, -0.2) is 8.42 Å². The molecule has 0 saturated carbocycles. The number of benzene rings is 1. The van der Waals surface area contributed by atoms with Crippen molar-refractivity contribution in [2.75, 3.05) is 17.8 Å². The van der Waals surface area contributed by atoms with E-state index in [-0.39, 0.29) is 5.25 Å². The lowest BCUT2D eigenvalue weighted by Gasteiger charge is -2.23. The molecular formula is C13H20N2O2S. The first kappa shape index (κ1) is 13.4. The molecule has 1 heterocycles. The normalized spacial score (nSPS) is 20.7. The van der Waals surface area contributed by atoms with Crippen LogP contribution in [0.3, 0.4) is 0 Å². The van der Waals surface area contributed by atoms with Crippen LogP contribution in [0.2, 0.25) is 0 Å². The van der Waals surface area contributed by atoms with Gasteiger partial charge in [0.2, 0.25) is 10.0 Å². The van der Waals surface area contributed by atoms with E-state index in [1.54, 1.807) is 0 Å². The number of sulfonamides is 1. The summed E-state index contributed by atoms with van der Waals surface area (Å²) in [7, 11) is -3.28. The van der Waals surface area contributed by atoms with Gasteiger partial charge in [-0.15, -0.1) is 0 Å². The average molecular weight is 268 g/mol. The minimum absolute atomic E-state index is 0.327. The number of anilines is 1. The summed E-state index contributed by atoms with van der Waals surface area (Å²) in [6.07, 6.45) is 1.64. The van der Waals surface area contributed by atoms with Gasteiger partial charge in [-0.05, 0) is 44.9 Å². The third-order valence-corrected chi connectivity index (χ3v) is 5.11. The Balaban J connectivity index is 2.16. The quantitative estimate of drug-likeness (QED) is 0.879. The van der Waals surface area contributed by atoms with Gasteiger partial charge < -0.3 is 5.32 Å². The van der Waals surface area contributed by atoms with Crippen molar-refractivity contribution in [1.82, 2.24) is 5.32 Å². The molecule has 1 atom stereocenters. The molecule has 0 bridgehead atoms. The number of hydrogen-bond donors (Lipinski definition) is 2. The van der Waals surface area contributed by atoms with Crippen LogP contribution in [0, 0.1) is 13.8 Å². The van der Waals surface area contributed by atoms with E-state index in [9.17, 15) is 8.42 Å². The van der Waals surface area contributed by atoms with E-state index in [4.69, 9.17) is 0 Å². The zero-order valence-electron chi connectivity index (χ0n) is 10.9. The predicted octanol–water partition coefficient (Wildman–Crippen LogP) is 1.80. The number of nitrogens with one attached hydrogen (secondary N) is 2. The molecule has 0 spiro atoms. The maximum Gasteiger partial charge on any atom is 0.236 e. The molecule has 0 radical (unpaired) electrons. The largest absolute Gasteiger partial charge is 0.315 e. The van der Waals surface area contributed by atoms with E-state index in [1.807, 2.05) is 32.0 Å². The van der Waals surface area contributed by atoms with E-state index in [0.717, 1.165) is 30.5 Å². The molecule has 1 saturated heterocycles. The molecule has 2 N–H and O–H groups in total. The van der Waals surface area contributed by atoms with Crippen LogP contribution in [0.1, 0.15) is 24.0 Å². The van der Waals surface area contributed by atoms with Crippen LogP contribution in [0.4, 0.5) is 5.69 Å². The Morgan fingerprint density at radius 3 is 2.72 bits per heavy atom. The van der Waals surface area contributed by atoms with Gasteiger partial charge >= 0.3 is 0 Å². The topological polar surface area (TPSA) is 58.2 Å². The molecule has 1 aliphatic heterocycles. The Bertz CT molecular complexity index is 520. The van der Waals surface area contributed by atoms with Crippen molar-refractivity contribution < 1.29 is 8.42 Å². The number of aryl methyl sites for hydroxylation is 2. The van der Waals surface area contributed by atoms with Crippen LogP contribution in [0.15, 0.2) is 18.2 Å². The summed E-state index contributed by atoms with van der Waals surface area (Å²) in [5.41, 5.74) is 2.78. The summed E-state index contributed by atoms with van der Waals surface area (Å²) in [5, 5.41) is 2.80. The van der Waals surface area contributed by atoms with E-state index < -0.39 is 10.0 Å². The van der Waals surface area contributed by atoms with Crippen LogP contribution in [0.25, 0.3) is 0 Å². The first-order valence-electron chi connectivity index (χ1n) is 6.28. The van der Waals surface area contributed by atoms with E-state index in [0.29, 0.717) is 12.2 Å². The molecule has 0 amide bonds. The molecule has 4 nitrogen and oxygen atoms in total. The summed E-state index contributed by atoms with van der Waals surface area (Å²) >= 11 is 0. The van der Waals surface area contributed by atoms with Crippen LogP contribution in [-0.2, 0) is 10.0 Å². The molecule has 0 aliphatic carbocycles. The Kier molecular flexibility index (Phi) is 3.92. The molecular weight excluding hydrogens is 248 g/mol. The van der Waals surface area contributed by atoms with Crippen molar-refractivity contribution in [1.29, 1.82) is 0 Å². The highest BCUT2D eigenvalue weighted by atomic mass is 32.2. The lowest BCUT2D eigenvalue weighted by molar-refractivity contribution is 0.499. The van der Waals surface area contributed by atoms with Crippen LogP contribution in [-0.4, -0.2) is 26.8 Å². The number of hydrogen-bond acceptors (Lipinski definition) is 3. The SMILES string of the molecule is Cc1ccc(NS(=O)(=O)C2CCCNC2)c(C)c1. The van der Waals surface area contributed by atoms with Crippen LogP contribution in [0.5, 0.6) is 0 Å². The highest BCUT2D eigenvalue weighted by Crippen LogP contribution is 2.20. The van der Waals surface area contributed by atoms with Gasteiger partial charge in [0.15, 0.2) is 0 Å². The fourth-order valence-corrected chi connectivity index (χ4v) is 3.77. The summed E-state index contributed by atoms with van der Waals surface area (Å²) in [6, 6.07) is 5.74. The fraction of sp³-hybridized carbons (Fsp3) is 0.538. The first-order valence-corrected chi connectivity index (χ1v) is 7.83. The predicted molar refractivity (Wildman–Crippen MR) is 74.4 cm³/mol. The second kappa shape index (κ2) is 5.28. The maximum atomic E-state index is 12.2. The zero-order chi connectivity index (χ0) is 13.2. The molecule has 1 aromatic carbocycles. The Morgan fingerprint density at radius 1 is 1.33 bits per heavy atom. The molecule has 100 valence electrons. The van der Waals surface area contributed by atoms with Gasteiger partial charge in [-0.2, -0.15) is 0 Å².